The molecule has 0 aliphatic heterocycles. The Bertz CT molecular complexity index is 530. The summed E-state index contributed by atoms with van der Waals surface area (Å²) >= 11 is 0. The summed E-state index contributed by atoms with van der Waals surface area (Å²) in [5.41, 5.74) is -1.22. The van der Waals surface area contributed by atoms with E-state index in [0.29, 0.717) is 12.8 Å². The van der Waals surface area contributed by atoms with Crippen molar-refractivity contribution in [2.45, 2.75) is 50.4 Å². The minimum Gasteiger partial charge on any atom is -0.386 e. The molecule has 3 N–H and O–H groups in total. The van der Waals surface area contributed by atoms with Crippen molar-refractivity contribution in [3.05, 3.63) is 35.4 Å². The SMILES string of the molecule is CC(NC(=O)C1(O)CCCC1)C(O)c1ccc(F)c(F)c1. The van der Waals surface area contributed by atoms with Gasteiger partial charge in [-0.2, -0.15) is 0 Å². The van der Waals surface area contributed by atoms with Crippen molar-refractivity contribution in [3.8, 4) is 0 Å². The Morgan fingerprint density at radius 3 is 2.48 bits per heavy atom. The molecule has 1 aliphatic rings. The molecule has 1 aromatic carbocycles. The van der Waals surface area contributed by atoms with Gasteiger partial charge in [0.15, 0.2) is 11.6 Å². The van der Waals surface area contributed by atoms with Crippen molar-refractivity contribution in [2.75, 3.05) is 0 Å². The second-order valence-electron chi connectivity index (χ2n) is 5.62. The molecule has 0 radical (unpaired) electrons. The van der Waals surface area contributed by atoms with E-state index < -0.39 is 35.3 Å². The van der Waals surface area contributed by atoms with Crippen LogP contribution in [0.5, 0.6) is 0 Å². The molecule has 1 aliphatic carbocycles. The van der Waals surface area contributed by atoms with Gasteiger partial charge in [-0.05, 0) is 50.3 Å². The third-order valence-corrected chi connectivity index (χ3v) is 3.97. The van der Waals surface area contributed by atoms with Crippen molar-refractivity contribution < 1.29 is 23.8 Å². The zero-order valence-corrected chi connectivity index (χ0v) is 11.8. The molecule has 2 atom stereocenters. The number of aliphatic hydroxyl groups is 2. The van der Waals surface area contributed by atoms with Crippen LogP contribution in [-0.2, 0) is 4.79 Å². The van der Waals surface area contributed by atoms with Crippen LogP contribution in [0.15, 0.2) is 18.2 Å². The molecule has 116 valence electrons. The van der Waals surface area contributed by atoms with Gasteiger partial charge in [0.05, 0.1) is 12.1 Å². The predicted octanol–water partition coefficient (Wildman–Crippen LogP) is 1.81. The number of nitrogens with one attached hydrogen (secondary N) is 1. The Hall–Kier alpha value is -1.53. The number of halogens is 2. The summed E-state index contributed by atoms with van der Waals surface area (Å²) < 4.78 is 26.0. The lowest BCUT2D eigenvalue weighted by atomic mass is 9.99. The molecule has 0 spiro atoms. The number of amides is 1. The number of benzene rings is 1. The third-order valence-electron chi connectivity index (χ3n) is 3.97. The number of carbonyl (C=O) groups excluding carboxylic acids is 1. The van der Waals surface area contributed by atoms with Crippen LogP contribution in [0.4, 0.5) is 8.78 Å². The van der Waals surface area contributed by atoms with Gasteiger partial charge >= 0.3 is 0 Å². The Labute approximate surface area is 121 Å². The van der Waals surface area contributed by atoms with Crippen molar-refractivity contribution >= 4 is 5.91 Å². The zero-order chi connectivity index (χ0) is 15.6. The van der Waals surface area contributed by atoms with E-state index in [2.05, 4.69) is 5.32 Å². The predicted molar refractivity (Wildman–Crippen MR) is 72.3 cm³/mol. The molecule has 4 nitrogen and oxygen atoms in total. The summed E-state index contributed by atoms with van der Waals surface area (Å²) in [6.45, 7) is 1.54. The normalized spacial score (nSPS) is 20.0. The van der Waals surface area contributed by atoms with Crippen LogP contribution in [0, 0.1) is 11.6 Å². The van der Waals surface area contributed by atoms with Gasteiger partial charge in [-0.15, -0.1) is 0 Å². The molecular formula is C15H19F2NO3. The average molecular weight is 299 g/mol. The fourth-order valence-electron chi connectivity index (χ4n) is 2.59. The number of rotatable bonds is 4. The van der Waals surface area contributed by atoms with Crippen LogP contribution in [0.3, 0.4) is 0 Å². The van der Waals surface area contributed by atoms with E-state index in [1.165, 1.54) is 6.07 Å². The summed E-state index contributed by atoms with van der Waals surface area (Å²) in [6, 6.07) is 2.35. The molecule has 2 rings (SSSR count). The maximum absolute atomic E-state index is 13.2. The van der Waals surface area contributed by atoms with Crippen LogP contribution in [0.2, 0.25) is 0 Å². The lowest BCUT2D eigenvalue weighted by Crippen LogP contribution is -2.49. The molecule has 0 heterocycles. The topological polar surface area (TPSA) is 69.6 Å². The monoisotopic (exact) mass is 299 g/mol. The van der Waals surface area contributed by atoms with Crippen LogP contribution in [-0.4, -0.2) is 27.8 Å². The number of aliphatic hydroxyl groups excluding tert-OH is 1. The Morgan fingerprint density at radius 1 is 1.29 bits per heavy atom. The number of hydrogen-bond acceptors (Lipinski definition) is 3. The summed E-state index contributed by atoms with van der Waals surface area (Å²) in [7, 11) is 0. The first kappa shape index (κ1) is 15.9. The van der Waals surface area contributed by atoms with Gasteiger partial charge in [0.2, 0.25) is 0 Å². The first-order valence-electron chi connectivity index (χ1n) is 7.00. The van der Waals surface area contributed by atoms with E-state index in [1.54, 1.807) is 6.92 Å². The van der Waals surface area contributed by atoms with E-state index >= 15 is 0 Å². The first-order valence-corrected chi connectivity index (χ1v) is 7.00. The highest BCUT2D eigenvalue weighted by atomic mass is 19.2. The fourth-order valence-corrected chi connectivity index (χ4v) is 2.59. The quantitative estimate of drug-likeness (QED) is 0.794. The average Bonchev–Trinajstić information content (AvgIpc) is 2.89. The minimum atomic E-state index is -1.39. The zero-order valence-electron chi connectivity index (χ0n) is 11.8. The molecule has 21 heavy (non-hydrogen) atoms. The van der Waals surface area contributed by atoms with Gasteiger partial charge in [-0.25, -0.2) is 8.78 Å². The molecule has 1 amide bonds. The van der Waals surface area contributed by atoms with Crippen LogP contribution < -0.4 is 5.32 Å². The minimum absolute atomic E-state index is 0.167. The Kier molecular flexibility index (Phi) is 4.58. The maximum Gasteiger partial charge on any atom is 0.252 e. The van der Waals surface area contributed by atoms with Gasteiger partial charge in [0.25, 0.3) is 5.91 Å². The second-order valence-corrected chi connectivity index (χ2v) is 5.62. The summed E-state index contributed by atoms with van der Waals surface area (Å²) in [6.07, 6.45) is 1.17. The van der Waals surface area contributed by atoms with Gasteiger partial charge < -0.3 is 15.5 Å². The van der Waals surface area contributed by atoms with Crippen molar-refractivity contribution in [1.82, 2.24) is 5.32 Å². The summed E-state index contributed by atoms with van der Waals surface area (Å²) in [5, 5.41) is 22.8. The van der Waals surface area contributed by atoms with E-state index in [1.807, 2.05) is 0 Å². The fraction of sp³-hybridized carbons (Fsp3) is 0.533. The van der Waals surface area contributed by atoms with Crippen LogP contribution >= 0.6 is 0 Å². The standard InChI is InChI=1S/C15H19F2NO3/c1-9(18-14(20)15(21)6-2-3-7-15)13(19)10-4-5-11(16)12(17)8-10/h4-5,8-9,13,19,21H,2-3,6-7H2,1H3,(H,18,20). The van der Waals surface area contributed by atoms with Crippen molar-refractivity contribution in [3.63, 3.8) is 0 Å². The van der Waals surface area contributed by atoms with E-state index in [9.17, 15) is 23.8 Å². The van der Waals surface area contributed by atoms with E-state index in [0.717, 1.165) is 25.0 Å². The lowest BCUT2D eigenvalue weighted by molar-refractivity contribution is -0.140. The molecule has 6 heteroatoms. The highest BCUT2D eigenvalue weighted by Crippen LogP contribution is 2.30. The maximum atomic E-state index is 13.2. The third kappa shape index (κ3) is 3.39. The molecule has 0 bridgehead atoms. The van der Waals surface area contributed by atoms with Gasteiger partial charge in [0, 0.05) is 0 Å². The highest BCUT2D eigenvalue weighted by Gasteiger charge is 2.39. The number of carbonyl (C=O) groups is 1. The number of hydrogen-bond donors (Lipinski definition) is 3. The largest absolute Gasteiger partial charge is 0.386 e. The van der Waals surface area contributed by atoms with Crippen molar-refractivity contribution in [1.29, 1.82) is 0 Å². The van der Waals surface area contributed by atoms with Crippen LogP contribution in [0.1, 0.15) is 44.3 Å². The molecule has 2 unspecified atom stereocenters. The van der Waals surface area contributed by atoms with Gasteiger partial charge in [0.1, 0.15) is 5.60 Å². The highest BCUT2D eigenvalue weighted by molar-refractivity contribution is 5.85. The van der Waals surface area contributed by atoms with Crippen LogP contribution in [0.25, 0.3) is 0 Å². The summed E-state index contributed by atoms with van der Waals surface area (Å²) in [5.74, 6) is -2.59. The molecule has 1 saturated carbocycles. The summed E-state index contributed by atoms with van der Waals surface area (Å²) in [4.78, 5) is 12.0. The molecule has 0 saturated heterocycles. The smallest absolute Gasteiger partial charge is 0.252 e. The molecule has 1 aromatic rings. The Morgan fingerprint density at radius 2 is 1.90 bits per heavy atom. The molecule has 1 fully saturated rings. The molecular weight excluding hydrogens is 280 g/mol. The second kappa shape index (κ2) is 6.07. The lowest BCUT2D eigenvalue weighted by Gasteiger charge is -2.26. The van der Waals surface area contributed by atoms with Crippen molar-refractivity contribution in [2.24, 2.45) is 0 Å². The first-order chi connectivity index (χ1) is 9.83. The van der Waals surface area contributed by atoms with Gasteiger partial charge in [-0.1, -0.05) is 6.07 Å². The van der Waals surface area contributed by atoms with E-state index in [4.69, 9.17) is 0 Å². The molecule has 0 aromatic heterocycles. The Balaban J connectivity index is 2.03. The van der Waals surface area contributed by atoms with Gasteiger partial charge in [-0.3, -0.25) is 4.79 Å². The van der Waals surface area contributed by atoms with E-state index in [-0.39, 0.29) is 5.56 Å².